The zero-order valence-corrected chi connectivity index (χ0v) is 19.7. The molecule has 176 valence electrons. The van der Waals surface area contributed by atoms with E-state index < -0.39 is 0 Å². The molecule has 0 saturated carbocycles. The van der Waals surface area contributed by atoms with Gasteiger partial charge in [-0.25, -0.2) is 10.9 Å². The molecule has 1 fully saturated rings. The van der Waals surface area contributed by atoms with Crippen molar-refractivity contribution in [3.63, 3.8) is 0 Å². The van der Waals surface area contributed by atoms with Gasteiger partial charge in [0.15, 0.2) is 6.61 Å². The highest BCUT2D eigenvalue weighted by molar-refractivity contribution is 6.42. The van der Waals surface area contributed by atoms with Crippen molar-refractivity contribution in [1.29, 1.82) is 0 Å². The monoisotopic (exact) mass is 498 g/mol. The lowest BCUT2D eigenvalue weighted by atomic mass is 9.96. The standard InChI is InChI=1S/C25H24Cl2N4O3/c26-22-11-6-18(12-23(22)27)25-19(14-29-31-25)13-28-30-24(32)16-34-21-9-7-20(8-10-21)33-15-17-4-2-1-3-5-17/h1-13,19,25,29,31H,14-16H2,(H,30,32)/b28-13+. The van der Waals surface area contributed by atoms with Gasteiger partial charge in [0.1, 0.15) is 18.1 Å². The fourth-order valence-electron chi connectivity index (χ4n) is 3.45. The van der Waals surface area contributed by atoms with E-state index in [1.54, 1.807) is 36.5 Å². The number of nitrogens with one attached hydrogen (secondary N) is 3. The number of hydrogen-bond donors (Lipinski definition) is 3. The van der Waals surface area contributed by atoms with Crippen LogP contribution in [0.4, 0.5) is 0 Å². The summed E-state index contributed by atoms with van der Waals surface area (Å²) in [6.45, 7) is 0.984. The third kappa shape index (κ3) is 6.71. The lowest BCUT2D eigenvalue weighted by Gasteiger charge is -2.15. The van der Waals surface area contributed by atoms with E-state index in [0.29, 0.717) is 28.9 Å². The minimum absolute atomic E-state index is 0.0156. The predicted octanol–water partition coefficient (Wildman–Crippen LogP) is 4.52. The van der Waals surface area contributed by atoms with Gasteiger partial charge in [0, 0.05) is 18.7 Å². The number of hydrazone groups is 1. The first kappa shape index (κ1) is 24.0. The summed E-state index contributed by atoms with van der Waals surface area (Å²) < 4.78 is 11.3. The highest BCUT2D eigenvalue weighted by atomic mass is 35.5. The third-order valence-electron chi connectivity index (χ3n) is 5.22. The fourth-order valence-corrected chi connectivity index (χ4v) is 3.75. The van der Waals surface area contributed by atoms with Crippen LogP contribution < -0.4 is 25.8 Å². The summed E-state index contributed by atoms with van der Waals surface area (Å²) in [5.41, 5.74) is 10.8. The average molecular weight is 499 g/mol. The molecular formula is C25H24Cl2N4O3. The molecule has 0 aromatic heterocycles. The number of carbonyl (C=O) groups excluding carboxylic acids is 1. The average Bonchev–Trinajstić information content (AvgIpc) is 3.33. The molecule has 2 atom stereocenters. The maximum atomic E-state index is 12.1. The molecule has 3 N–H and O–H groups in total. The van der Waals surface area contributed by atoms with Crippen molar-refractivity contribution in [3.05, 3.63) is 94.0 Å². The van der Waals surface area contributed by atoms with Gasteiger partial charge in [-0.15, -0.1) is 0 Å². The minimum Gasteiger partial charge on any atom is -0.489 e. The quantitative estimate of drug-likeness (QED) is 0.298. The maximum Gasteiger partial charge on any atom is 0.277 e. The molecule has 1 heterocycles. The molecular weight excluding hydrogens is 475 g/mol. The molecule has 1 amide bonds. The van der Waals surface area contributed by atoms with E-state index in [1.807, 2.05) is 42.5 Å². The first-order chi connectivity index (χ1) is 16.6. The maximum absolute atomic E-state index is 12.1. The van der Waals surface area contributed by atoms with E-state index in [-0.39, 0.29) is 24.5 Å². The van der Waals surface area contributed by atoms with Gasteiger partial charge >= 0.3 is 0 Å². The topological polar surface area (TPSA) is 84.0 Å². The SMILES string of the molecule is O=C(COc1ccc(OCc2ccccc2)cc1)N/N=C/C1CNNC1c1ccc(Cl)c(Cl)c1. The highest BCUT2D eigenvalue weighted by Crippen LogP contribution is 2.29. The van der Waals surface area contributed by atoms with E-state index in [1.165, 1.54) is 0 Å². The number of halogens is 2. The van der Waals surface area contributed by atoms with Gasteiger partial charge in [-0.3, -0.25) is 10.2 Å². The first-order valence-electron chi connectivity index (χ1n) is 10.7. The Morgan fingerprint density at radius 2 is 1.74 bits per heavy atom. The molecule has 7 nitrogen and oxygen atoms in total. The van der Waals surface area contributed by atoms with Crippen molar-refractivity contribution >= 4 is 35.3 Å². The molecule has 4 rings (SSSR count). The van der Waals surface area contributed by atoms with Crippen molar-refractivity contribution in [2.45, 2.75) is 12.6 Å². The van der Waals surface area contributed by atoms with Gasteiger partial charge in [0.25, 0.3) is 5.91 Å². The van der Waals surface area contributed by atoms with Crippen molar-refractivity contribution in [2.24, 2.45) is 11.0 Å². The van der Waals surface area contributed by atoms with Crippen LogP contribution in [0, 0.1) is 5.92 Å². The van der Waals surface area contributed by atoms with Gasteiger partial charge in [0.05, 0.1) is 16.1 Å². The van der Waals surface area contributed by atoms with Gasteiger partial charge in [0.2, 0.25) is 0 Å². The number of benzene rings is 3. The Balaban J connectivity index is 1.21. The van der Waals surface area contributed by atoms with E-state index >= 15 is 0 Å². The van der Waals surface area contributed by atoms with Crippen molar-refractivity contribution in [3.8, 4) is 11.5 Å². The Hall–Kier alpha value is -3.10. The Morgan fingerprint density at radius 3 is 2.47 bits per heavy atom. The van der Waals surface area contributed by atoms with Gasteiger partial charge in [-0.05, 0) is 47.5 Å². The summed E-state index contributed by atoms with van der Waals surface area (Å²) in [5.74, 6) is 0.947. The van der Waals surface area contributed by atoms with Crippen LogP contribution in [0.5, 0.6) is 11.5 Å². The van der Waals surface area contributed by atoms with Crippen molar-refractivity contribution < 1.29 is 14.3 Å². The molecule has 0 bridgehead atoms. The highest BCUT2D eigenvalue weighted by Gasteiger charge is 2.27. The van der Waals surface area contributed by atoms with Crippen LogP contribution in [0.25, 0.3) is 0 Å². The molecule has 2 unspecified atom stereocenters. The Labute approximate surface area is 208 Å². The number of ether oxygens (including phenoxy) is 2. The van der Waals surface area contributed by atoms with Gasteiger partial charge in [-0.1, -0.05) is 59.6 Å². The molecule has 9 heteroatoms. The zero-order chi connectivity index (χ0) is 23.8. The van der Waals surface area contributed by atoms with Gasteiger partial charge in [-0.2, -0.15) is 5.10 Å². The summed E-state index contributed by atoms with van der Waals surface area (Å²) in [6.07, 6.45) is 1.69. The molecule has 1 saturated heterocycles. The summed E-state index contributed by atoms with van der Waals surface area (Å²) in [6, 6.07) is 22.5. The molecule has 1 aliphatic heterocycles. The van der Waals surface area contributed by atoms with Crippen LogP contribution in [0.2, 0.25) is 10.0 Å². The Morgan fingerprint density at radius 1 is 1.00 bits per heavy atom. The first-order valence-corrected chi connectivity index (χ1v) is 11.5. The number of amides is 1. The zero-order valence-electron chi connectivity index (χ0n) is 18.2. The fraction of sp³-hybridized carbons (Fsp3) is 0.200. The number of nitrogens with zero attached hydrogens (tertiary/aromatic N) is 1. The summed E-state index contributed by atoms with van der Waals surface area (Å²) in [4.78, 5) is 12.1. The van der Waals surface area contributed by atoms with Crippen LogP contribution in [0.1, 0.15) is 17.2 Å². The van der Waals surface area contributed by atoms with Crippen LogP contribution >= 0.6 is 23.2 Å². The van der Waals surface area contributed by atoms with E-state index in [9.17, 15) is 4.79 Å². The van der Waals surface area contributed by atoms with Crippen molar-refractivity contribution in [2.75, 3.05) is 13.2 Å². The Bertz CT molecular complexity index is 1130. The Kier molecular flexibility index (Phi) is 8.38. The van der Waals surface area contributed by atoms with Crippen LogP contribution in [0.3, 0.4) is 0 Å². The third-order valence-corrected chi connectivity index (χ3v) is 5.96. The largest absolute Gasteiger partial charge is 0.489 e. The molecule has 3 aromatic rings. The summed E-state index contributed by atoms with van der Waals surface area (Å²) in [7, 11) is 0. The minimum atomic E-state index is -0.356. The number of carbonyl (C=O) groups is 1. The van der Waals surface area contributed by atoms with Crippen LogP contribution in [-0.2, 0) is 11.4 Å². The second-order valence-electron chi connectivity index (χ2n) is 7.69. The molecule has 1 aliphatic rings. The smallest absolute Gasteiger partial charge is 0.277 e. The van der Waals surface area contributed by atoms with E-state index in [2.05, 4.69) is 21.4 Å². The van der Waals surface area contributed by atoms with Crippen molar-refractivity contribution in [1.82, 2.24) is 16.3 Å². The van der Waals surface area contributed by atoms with Crippen LogP contribution in [0.15, 0.2) is 77.9 Å². The molecule has 34 heavy (non-hydrogen) atoms. The van der Waals surface area contributed by atoms with Gasteiger partial charge < -0.3 is 9.47 Å². The van der Waals surface area contributed by atoms with Crippen LogP contribution in [-0.4, -0.2) is 25.3 Å². The predicted molar refractivity (Wildman–Crippen MR) is 133 cm³/mol. The lowest BCUT2D eigenvalue weighted by Crippen LogP contribution is -2.26. The normalized spacial score (nSPS) is 17.6. The second-order valence-corrected chi connectivity index (χ2v) is 8.50. The van der Waals surface area contributed by atoms with E-state index in [4.69, 9.17) is 32.7 Å². The molecule has 0 aliphatic carbocycles. The molecule has 3 aromatic carbocycles. The number of rotatable bonds is 9. The second kappa shape index (κ2) is 11.9. The lowest BCUT2D eigenvalue weighted by molar-refractivity contribution is -0.123. The molecule has 0 spiro atoms. The number of hydrazine groups is 1. The summed E-state index contributed by atoms with van der Waals surface area (Å²) >= 11 is 12.1. The number of hydrogen-bond acceptors (Lipinski definition) is 6. The van der Waals surface area contributed by atoms with E-state index in [0.717, 1.165) is 16.9 Å². The summed E-state index contributed by atoms with van der Waals surface area (Å²) in [5, 5.41) is 5.08. The molecule has 0 radical (unpaired) electrons.